The molecule has 1 aromatic carbocycles. The lowest BCUT2D eigenvalue weighted by Gasteiger charge is -2.41. The van der Waals surface area contributed by atoms with Gasteiger partial charge in [0.05, 0.1) is 22.5 Å². The highest BCUT2D eigenvalue weighted by Crippen LogP contribution is 2.36. The van der Waals surface area contributed by atoms with E-state index in [1.54, 1.807) is 12.1 Å². The molecule has 2 atom stereocenters. The summed E-state index contributed by atoms with van der Waals surface area (Å²) < 4.78 is 0. The Kier molecular flexibility index (Phi) is 3.77. The molecule has 1 aliphatic heterocycles. The van der Waals surface area contributed by atoms with Crippen molar-refractivity contribution in [1.29, 1.82) is 0 Å². The first-order chi connectivity index (χ1) is 11.2. The number of non-ortho nitro benzene ring substituents is 1. The Hall–Kier alpha value is -1.95. The number of nitro groups is 1. The van der Waals surface area contributed by atoms with Gasteiger partial charge in [0.15, 0.2) is 0 Å². The molecule has 23 heavy (non-hydrogen) atoms. The molecule has 4 rings (SSSR count). The Morgan fingerprint density at radius 3 is 2.91 bits per heavy atom. The van der Waals surface area contributed by atoms with Crippen molar-refractivity contribution in [3.63, 3.8) is 0 Å². The van der Waals surface area contributed by atoms with Gasteiger partial charge < -0.3 is 4.98 Å². The van der Waals surface area contributed by atoms with Crippen molar-refractivity contribution in [3.8, 4) is 0 Å². The van der Waals surface area contributed by atoms with Gasteiger partial charge in [-0.05, 0) is 37.3 Å². The number of imidazole rings is 1. The van der Waals surface area contributed by atoms with Gasteiger partial charge >= 0.3 is 0 Å². The topological polar surface area (TPSA) is 75.1 Å². The lowest BCUT2D eigenvalue weighted by molar-refractivity contribution is -0.384. The summed E-state index contributed by atoms with van der Waals surface area (Å²) in [5.74, 6) is 2.69. The van der Waals surface area contributed by atoms with E-state index in [1.807, 2.05) is 0 Å². The molecule has 6 heteroatoms. The van der Waals surface area contributed by atoms with E-state index in [1.165, 1.54) is 44.7 Å². The number of aromatic amines is 1. The molecule has 2 fully saturated rings. The number of hydrogen-bond acceptors (Lipinski definition) is 4. The number of hydrogen-bond donors (Lipinski definition) is 1. The molecule has 0 unspecified atom stereocenters. The minimum Gasteiger partial charge on any atom is -0.341 e. The molecule has 122 valence electrons. The van der Waals surface area contributed by atoms with Gasteiger partial charge in [-0.15, -0.1) is 0 Å². The number of likely N-dealkylation sites (tertiary alicyclic amines) is 1. The van der Waals surface area contributed by atoms with Gasteiger partial charge in [0.1, 0.15) is 5.82 Å². The molecule has 0 amide bonds. The Morgan fingerprint density at radius 2 is 2.09 bits per heavy atom. The Bertz CT molecular complexity index is 726. The van der Waals surface area contributed by atoms with E-state index in [-0.39, 0.29) is 10.6 Å². The van der Waals surface area contributed by atoms with Crippen molar-refractivity contribution in [2.45, 2.75) is 38.6 Å². The van der Waals surface area contributed by atoms with Crippen molar-refractivity contribution in [2.75, 3.05) is 13.1 Å². The van der Waals surface area contributed by atoms with Gasteiger partial charge in [0, 0.05) is 18.7 Å². The predicted molar refractivity (Wildman–Crippen MR) is 88.1 cm³/mol. The van der Waals surface area contributed by atoms with Crippen molar-refractivity contribution >= 4 is 16.7 Å². The summed E-state index contributed by atoms with van der Waals surface area (Å²) in [7, 11) is 0. The van der Waals surface area contributed by atoms with Crippen LogP contribution in [0.1, 0.15) is 37.9 Å². The van der Waals surface area contributed by atoms with E-state index in [0.717, 1.165) is 41.8 Å². The second-order valence-electron chi connectivity index (χ2n) is 6.97. The lowest BCUT2D eigenvalue weighted by Crippen LogP contribution is -2.41. The van der Waals surface area contributed by atoms with Gasteiger partial charge in [-0.2, -0.15) is 0 Å². The maximum absolute atomic E-state index is 10.9. The summed E-state index contributed by atoms with van der Waals surface area (Å²) in [6, 6.07) is 4.81. The van der Waals surface area contributed by atoms with Crippen LogP contribution in [0.4, 0.5) is 5.69 Å². The summed E-state index contributed by atoms with van der Waals surface area (Å²) >= 11 is 0. The standard InChI is InChI=1S/C17H22N4O2/c22-21(23)14-5-6-15-16(9-14)19-17(18-15)11-20-8-7-12-3-1-2-4-13(12)10-20/h5-6,9,12-13H,1-4,7-8,10-11H2,(H,18,19)/t12-,13+/m0/s1. The highest BCUT2D eigenvalue weighted by molar-refractivity contribution is 5.77. The highest BCUT2D eigenvalue weighted by atomic mass is 16.6. The minimum atomic E-state index is -0.367. The average molecular weight is 314 g/mol. The number of H-pyrrole nitrogens is 1. The fourth-order valence-corrected chi connectivity index (χ4v) is 4.27. The zero-order valence-corrected chi connectivity index (χ0v) is 13.2. The summed E-state index contributed by atoms with van der Waals surface area (Å²) in [6.07, 6.45) is 6.86. The average Bonchev–Trinajstić information content (AvgIpc) is 2.96. The molecule has 2 aromatic rings. The number of rotatable bonds is 3. The molecule has 1 saturated heterocycles. The molecule has 1 N–H and O–H groups in total. The second-order valence-corrected chi connectivity index (χ2v) is 6.97. The SMILES string of the molecule is O=[N+]([O-])c1ccc2nc(CN3CC[C@@H]4CCCC[C@@H]4C3)[nH]c2c1. The normalized spacial score (nSPS) is 25.4. The number of benzene rings is 1. The van der Waals surface area contributed by atoms with Gasteiger partial charge in [-0.25, -0.2) is 4.98 Å². The molecule has 0 bridgehead atoms. The van der Waals surface area contributed by atoms with Crippen molar-refractivity contribution in [1.82, 2.24) is 14.9 Å². The van der Waals surface area contributed by atoms with Crippen LogP contribution in [0.5, 0.6) is 0 Å². The van der Waals surface area contributed by atoms with E-state index < -0.39 is 0 Å². The monoisotopic (exact) mass is 314 g/mol. The first-order valence-corrected chi connectivity index (χ1v) is 8.54. The zero-order chi connectivity index (χ0) is 15.8. The van der Waals surface area contributed by atoms with E-state index >= 15 is 0 Å². The third-order valence-electron chi connectivity index (χ3n) is 5.47. The van der Waals surface area contributed by atoms with Crippen LogP contribution in [0.2, 0.25) is 0 Å². The molecule has 1 aliphatic carbocycles. The van der Waals surface area contributed by atoms with E-state index in [2.05, 4.69) is 14.9 Å². The Labute approximate surface area is 135 Å². The van der Waals surface area contributed by atoms with E-state index in [9.17, 15) is 10.1 Å². The molecule has 1 saturated carbocycles. The van der Waals surface area contributed by atoms with Gasteiger partial charge in [0.25, 0.3) is 5.69 Å². The van der Waals surface area contributed by atoms with Crippen LogP contribution in [0.15, 0.2) is 18.2 Å². The highest BCUT2D eigenvalue weighted by Gasteiger charge is 2.31. The summed E-state index contributed by atoms with van der Waals surface area (Å²) in [4.78, 5) is 20.8. The van der Waals surface area contributed by atoms with Crippen LogP contribution in [0, 0.1) is 22.0 Å². The molecular formula is C17H22N4O2. The number of piperidine rings is 1. The number of aromatic nitrogens is 2. The second kappa shape index (κ2) is 5.92. The number of nitrogens with zero attached hydrogens (tertiary/aromatic N) is 3. The minimum absolute atomic E-state index is 0.107. The smallest absolute Gasteiger partial charge is 0.271 e. The molecule has 1 aromatic heterocycles. The Morgan fingerprint density at radius 1 is 1.26 bits per heavy atom. The quantitative estimate of drug-likeness (QED) is 0.695. The maximum Gasteiger partial charge on any atom is 0.271 e. The summed E-state index contributed by atoms with van der Waals surface area (Å²) in [6.45, 7) is 3.12. The first-order valence-electron chi connectivity index (χ1n) is 8.54. The Balaban J connectivity index is 1.48. The molecule has 6 nitrogen and oxygen atoms in total. The lowest BCUT2D eigenvalue weighted by atomic mass is 9.75. The van der Waals surface area contributed by atoms with Crippen LogP contribution in [0.25, 0.3) is 11.0 Å². The van der Waals surface area contributed by atoms with E-state index in [4.69, 9.17) is 0 Å². The van der Waals surface area contributed by atoms with Crippen molar-refractivity contribution in [3.05, 3.63) is 34.1 Å². The molecule has 0 spiro atoms. The molecule has 2 aliphatic rings. The maximum atomic E-state index is 10.9. The summed E-state index contributed by atoms with van der Waals surface area (Å²) in [5, 5.41) is 10.9. The number of nitro benzene ring substituents is 1. The van der Waals surface area contributed by atoms with E-state index in [0.29, 0.717) is 0 Å². The number of nitrogens with one attached hydrogen (secondary N) is 1. The van der Waals surface area contributed by atoms with Gasteiger partial charge in [-0.1, -0.05) is 19.3 Å². The van der Waals surface area contributed by atoms with Crippen LogP contribution < -0.4 is 0 Å². The molecular weight excluding hydrogens is 292 g/mol. The third-order valence-corrected chi connectivity index (χ3v) is 5.47. The van der Waals surface area contributed by atoms with Crippen LogP contribution >= 0.6 is 0 Å². The van der Waals surface area contributed by atoms with Gasteiger partial charge in [-0.3, -0.25) is 15.0 Å². The first kappa shape index (κ1) is 14.6. The molecule has 0 radical (unpaired) electrons. The van der Waals surface area contributed by atoms with Crippen LogP contribution in [0.3, 0.4) is 0 Å². The largest absolute Gasteiger partial charge is 0.341 e. The number of fused-ring (bicyclic) bond motifs is 2. The van der Waals surface area contributed by atoms with Crippen LogP contribution in [-0.2, 0) is 6.54 Å². The predicted octanol–water partition coefficient (Wildman–Crippen LogP) is 3.48. The van der Waals surface area contributed by atoms with Crippen molar-refractivity contribution in [2.24, 2.45) is 11.8 Å². The van der Waals surface area contributed by atoms with Crippen molar-refractivity contribution < 1.29 is 4.92 Å². The van der Waals surface area contributed by atoms with Gasteiger partial charge in [0.2, 0.25) is 0 Å². The third kappa shape index (κ3) is 2.95. The van der Waals surface area contributed by atoms with Crippen LogP contribution in [-0.4, -0.2) is 32.9 Å². The fraction of sp³-hybridized carbons (Fsp3) is 0.588. The fourth-order valence-electron chi connectivity index (χ4n) is 4.27. The molecule has 2 heterocycles. The summed E-state index contributed by atoms with van der Waals surface area (Å²) in [5.41, 5.74) is 1.66. The zero-order valence-electron chi connectivity index (χ0n) is 13.2.